The van der Waals surface area contributed by atoms with Crippen molar-refractivity contribution in [2.75, 3.05) is 38.2 Å². The molecule has 2 atom stereocenters. The summed E-state index contributed by atoms with van der Waals surface area (Å²) in [6.45, 7) is 3.23. The lowest BCUT2D eigenvalue weighted by atomic mass is 9.99. The predicted octanol–water partition coefficient (Wildman–Crippen LogP) is 4.43. The van der Waals surface area contributed by atoms with Crippen LogP contribution in [-0.2, 0) is 25.7 Å². The van der Waals surface area contributed by atoms with Gasteiger partial charge >= 0.3 is 6.03 Å². The molecule has 3 N–H and O–H groups in total. The van der Waals surface area contributed by atoms with Gasteiger partial charge in [-0.2, -0.15) is 10.4 Å². The lowest BCUT2D eigenvalue weighted by Crippen LogP contribution is -2.57. The van der Waals surface area contributed by atoms with Crippen LogP contribution in [0.15, 0.2) is 79.0 Å². The van der Waals surface area contributed by atoms with Gasteiger partial charge < -0.3 is 30.3 Å². The van der Waals surface area contributed by atoms with Crippen LogP contribution in [0, 0.1) is 18.3 Å². The summed E-state index contributed by atoms with van der Waals surface area (Å²) >= 11 is 0. The number of benzene rings is 3. The van der Waals surface area contributed by atoms with Crippen LogP contribution in [0.2, 0.25) is 0 Å². The maximum Gasteiger partial charge on any atom is 0.318 e. The van der Waals surface area contributed by atoms with E-state index < -0.39 is 29.9 Å². The van der Waals surface area contributed by atoms with E-state index in [1.54, 1.807) is 47.1 Å². The number of ketones is 1. The molecule has 0 bridgehead atoms. The van der Waals surface area contributed by atoms with E-state index in [0.29, 0.717) is 29.1 Å². The summed E-state index contributed by atoms with van der Waals surface area (Å²) in [5.74, 6) is -0.705. The number of ether oxygens (including phenoxy) is 1. The van der Waals surface area contributed by atoms with Crippen LogP contribution in [0.25, 0.3) is 22.4 Å². The van der Waals surface area contributed by atoms with Gasteiger partial charge in [0.1, 0.15) is 29.3 Å². The summed E-state index contributed by atoms with van der Waals surface area (Å²) in [6.07, 6.45) is 2.65. The molecule has 2 aliphatic rings. The number of urea groups is 1. The number of carbonyl (C=O) groups excluding carboxylic acids is 4. The maximum absolute atomic E-state index is 14.2. The van der Waals surface area contributed by atoms with Crippen molar-refractivity contribution < 1.29 is 29.0 Å². The number of aromatic hydroxyl groups is 1. The number of phenolic OH excluding ortho intramolecular Hbond substituents is 1. The Morgan fingerprint density at radius 3 is 2.49 bits per heavy atom. The van der Waals surface area contributed by atoms with Crippen molar-refractivity contribution in [2.45, 2.75) is 44.8 Å². The Labute approximate surface area is 295 Å². The molecule has 4 aromatic rings. The number of rotatable bonds is 9. The molecule has 0 aliphatic carbocycles. The smallest absolute Gasteiger partial charge is 0.318 e. The summed E-state index contributed by atoms with van der Waals surface area (Å²) in [7, 11) is 0. The highest BCUT2D eigenvalue weighted by molar-refractivity contribution is 5.99. The zero-order chi connectivity index (χ0) is 35.9. The maximum atomic E-state index is 14.2. The Bertz CT molecular complexity index is 1940. The number of piperidine rings is 1. The molecule has 13 heteroatoms. The highest BCUT2D eigenvalue weighted by Crippen LogP contribution is 2.37. The Balaban J connectivity index is 1.20. The third-order valence-corrected chi connectivity index (χ3v) is 9.06. The first-order valence-corrected chi connectivity index (χ1v) is 16.9. The molecule has 0 unspecified atom stereocenters. The number of Topliss-reactive ketones (excluding diaryl/α,β-unsaturated/α-hetero) is 1. The number of hydrogen-bond acceptors (Lipinski definition) is 8. The number of phenols is 1. The third-order valence-electron chi connectivity index (χ3n) is 9.06. The van der Waals surface area contributed by atoms with E-state index in [1.807, 2.05) is 43.5 Å². The van der Waals surface area contributed by atoms with Gasteiger partial charge in [0.15, 0.2) is 0 Å². The normalized spacial score (nSPS) is 16.6. The molecule has 262 valence electrons. The van der Waals surface area contributed by atoms with Gasteiger partial charge in [0, 0.05) is 55.5 Å². The fraction of sp³-hybridized carbons (Fsp3) is 0.316. The first kappa shape index (κ1) is 34.8. The molecule has 6 rings (SSSR count). The van der Waals surface area contributed by atoms with Crippen LogP contribution >= 0.6 is 0 Å². The van der Waals surface area contributed by atoms with Gasteiger partial charge in [-0.15, -0.1) is 0 Å². The average molecular weight is 690 g/mol. The first-order chi connectivity index (χ1) is 24.7. The van der Waals surface area contributed by atoms with Gasteiger partial charge in [0.2, 0.25) is 5.91 Å². The van der Waals surface area contributed by atoms with Gasteiger partial charge in [0.25, 0.3) is 5.91 Å². The van der Waals surface area contributed by atoms with Crippen molar-refractivity contribution in [2.24, 2.45) is 0 Å². The van der Waals surface area contributed by atoms with Gasteiger partial charge in [0.05, 0.1) is 32.2 Å². The molecule has 4 amide bonds. The Hall–Kier alpha value is -6.00. The van der Waals surface area contributed by atoms with Crippen LogP contribution in [0.3, 0.4) is 0 Å². The molecule has 51 heavy (non-hydrogen) atoms. The average Bonchev–Trinajstić information content (AvgIpc) is 3.58. The molecular formula is C38H39N7O6. The van der Waals surface area contributed by atoms with Crippen LogP contribution in [-0.4, -0.2) is 87.2 Å². The number of nitriles is 1. The minimum Gasteiger partial charge on any atom is -0.507 e. The lowest BCUT2D eigenvalue weighted by Gasteiger charge is -2.37. The van der Waals surface area contributed by atoms with Crippen molar-refractivity contribution >= 4 is 29.3 Å². The minimum atomic E-state index is -1.06. The van der Waals surface area contributed by atoms with E-state index in [9.17, 15) is 24.3 Å². The number of carbonyl (C=O) groups is 4. The first-order valence-electron chi connectivity index (χ1n) is 16.9. The van der Waals surface area contributed by atoms with E-state index in [-0.39, 0.29) is 63.6 Å². The summed E-state index contributed by atoms with van der Waals surface area (Å²) in [5.41, 5.74) is 4.67. The highest BCUT2D eigenvalue weighted by Gasteiger charge is 2.38. The molecule has 0 saturated carbocycles. The molecule has 13 nitrogen and oxygen atoms in total. The summed E-state index contributed by atoms with van der Waals surface area (Å²) < 4.78 is 7.32. The molecule has 2 fully saturated rings. The van der Waals surface area contributed by atoms with Crippen LogP contribution in [0.5, 0.6) is 5.75 Å². The summed E-state index contributed by atoms with van der Waals surface area (Å²) in [6, 6.07) is 21.0. The molecule has 2 aliphatic heterocycles. The minimum absolute atomic E-state index is 0.0232. The second-order valence-electron chi connectivity index (χ2n) is 12.6. The van der Waals surface area contributed by atoms with E-state index >= 15 is 0 Å². The van der Waals surface area contributed by atoms with Crippen LogP contribution < -0.4 is 10.6 Å². The number of anilines is 1. The topological polar surface area (TPSA) is 170 Å². The lowest BCUT2D eigenvalue weighted by molar-refractivity contribution is -0.148. The Morgan fingerprint density at radius 1 is 1.02 bits per heavy atom. The molecular weight excluding hydrogens is 650 g/mol. The molecule has 3 heterocycles. The fourth-order valence-electron chi connectivity index (χ4n) is 6.27. The summed E-state index contributed by atoms with van der Waals surface area (Å²) in [4.78, 5) is 55.8. The van der Waals surface area contributed by atoms with E-state index in [1.165, 1.54) is 9.80 Å². The van der Waals surface area contributed by atoms with E-state index in [2.05, 4.69) is 21.8 Å². The largest absolute Gasteiger partial charge is 0.507 e. The second-order valence-corrected chi connectivity index (χ2v) is 12.6. The number of morpholine rings is 1. The second kappa shape index (κ2) is 15.7. The zero-order valence-electron chi connectivity index (χ0n) is 28.2. The molecule has 0 spiro atoms. The van der Waals surface area contributed by atoms with Crippen LogP contribution in [0.4, 0.5) is 10.5 Å². The Morgan fingerprint density at radius 2 is 1.76 bits per heavy atom. The molecule has 1 aromatic heterocycles. The van der Waals surface area contributed by atoms with E-state index in [0.717, 1.165) is 16.7 Å². The Kier molecular flexibility index (Phi) is 10.7. The number of nitrogens with zero attached hydrogens (tertiary/aromatic N) is 5. The van der Waals surface area contributed by atoms with Crippen LogP contribution in [0.1, 0.15) is 36.4 Å². The number of likely N-dealkylation sites (tertiary alicyclic amines) is 1. The van der Waals surface area contributed by atoms with Gasteiger partial charge in [-0.3, -0.25) is 19.1 Å². The number of aromatic nitrogens is 2. The number of aryl methyl sites for hydroxylation is 2. The standard InChI is InChI=1S/C38H39N7O6/c1-25-8-13-33(47)30(22-25)35-31(23-44(42-35)17-5-16-39)26-9-11-28(12-10-26)40-36(48)32-24-51-21-20-45(32)37(49)34(27-6-3-2-4-7-27)41-38(50)43-18-14-29(46)15-19-43/h2-4,6-13,22-23,32,34,47H,5,14-15,17-21,24H2,1H3,(H,40,48)(H,41,50)/t32-,34+/m0/s1. The molecule has 2 saturated heterocycles. The third kappa shape index (κ3) is 8.08. The monoisotopic (exact) mass is 689 g/mol. The van der Waals surface area contributed by atoms with Crippen molar-refractivity contribution in [3.05, 3.63) is 90.1 Å². The van der Waals surface area contributed by atoms with Gasteiger partial charge in [-0.05, 0) is 42.3 Å². The van der Waals surface area contributed by atoms with Crippen molar-refractivity contribution in [1.29, 1.82) is 5.26 Å². The molecule has 3 aromatic carbocycles. The van der Waals surface area contributed by atoms with Gasteiger partial charge in [-0.1, -0.05) is 54.1 Å². The number of nitrogens with one attached hydrogen (secondary N) is 2. The number of hydrogen-bond donors (Lipinski definition) is 3. The van der Waals surface area contributed by atoms with Crippen molar-refractivity contribution in [3.63, 3.8) is 0 Å². The number of amides is 4. The van der Waals surface area contributed by atoms with Gasteiger partial charge in [-0.25, -0.2) is 4.79 Å². The fourth-order valence-corrected chi connectivity index (χ4v) is 6.27. The quantitative estimate of drug-likeness (QED) is 0.232. The SMILES string of the molecule is Cc1ccc(O)c(-c2nn(CCC#N)cc2-c2ccc(NC(=O)[C@@H]3COCCN3C(=O)[C@H](NC(=O)N3CCC(=O)CC3)c3ccccc3)cc2)c1. The zero-order valence-corrected chi connectivity index (χ0v) is 28.2. The molecule has 0 radical (unpaired) electrons. The summed E-state index contributed by atoms with van der Waals surface area (Å²) in [5, 5.41) is 30.2. The predicted molar refractivity (Wildman–Crippen MR) is 188 cm³/mol. The van der Waals surface area contributed by atoms with Crippen molar-refractivity contribution in [1.82, 2.24) is 24.9 Å². The van der Waals surface area contributed by atoms with E-state index in [4.69, 9.17) is 10.00 Å². The van der Waals surface area contributed by atoms with Crippen molar-refractivity contribution in [3.8, 4) is 34.2 Å². The highest BCUT2D eigenvalue weighted by atomic mass is 16.5.